The fourth-order valence-corrected chi connectivity index (χ4v) is 4.20. The van der Waals surface area contributed by atoms with E-state index >= 15 is 0 Å². The van der Waals surface area contributed by atoms with Gasteiger partial charge in [0.25, 0.3) is 0 Å². The highest BCUT2D eigenvalue weighted by Crippen LogP contribution is 2.28. The van der Waals surface area contributed by atoms with E-state index in [-0.39, 0.29) is 11.2 Å². The van der Waals surface area contributed by atoms with Gasteiger partial charge in [-0.3, -0.25) is 9.78 Å². The summed E-state index contributed by atoms with van der Waals surface area (Å²) in [5, 5.41) is 12.3. The molecule has 0 spiro atoms. The second-order valence-electron chi connectivity index (χ2n) is 5.84. The van der Waals surface area contributed by atoms with E-state index < -0.39 is 0 Å². The predicted molar refractivity (Wildman–Crippen MR) is 108 cm³/mol. The van der Waals surface area contributed by atoms with Crippen LogP contribution in [0.2, 0.25) is 0 Å². The van der Waals surface area contributed by atoms with Crippen LogP contribution in [-0.4, -0.2) is 35.9 Å². The second-order valence-corrected chi connectivity index (χ2v) is 8.18. The molecular formula is C18H16N6OS2. The first-order valence-corrected chi connectivity index (χ1v) is 9.94. The third kappa shape index (κ3) is 3.69. The molecule has 0 unspecified atom stereocenters. The number of nitrogens with zero attached hydrogens (tertiary/aromatic N) is 5. The van der Waals surface area contributed by atoms with Crippen molar-refractivity contribution in [1.82, 2.24) is 24.7 Å². The molecule has 0 bridgehead atoms. The molecule has 27 heavy (non-hydrogen) atoms. The molecule has 1 N–H and O–H groups in total. The Kier molecular flexibility index (Phi) is 4.87. The first kappa shape index (κ1) is 17.6. The van der Waals surface area contributed by atoms with Crippen LogP contribution >= 0.6 is 23.1 Å². The van der Waals surface area contributed by atoms with Gasteiger partial charge in [0.1, 0.15) is 0 Å². The molecule has 1 atom stereocenters. The van der Waals surface area contributed by atoms with Gasteiger partial charge in [0.2, 0.25) is 5.91 Å². The van der Waals surface area contributed by atoms with Gasteiger partial charge in [-0.25, -0.2) is 4.98 Å². The Bertz CT molecular complexity index is 1060. The number of rotatable bonds is 5. The molecule has 4 rings (SSSR count). The minimum Gasteiger partial charge on any atom is -0.305 e. The van der Waals surface area contributed by atoms with E-state index in [1.807, 2.05) is 54.9 Å². The van der Waals surface area contributed by atoms with Crippen molar-refractivity contribution >= 4 is 44.4 Å². The van der Waals surface area contributed by atoms with E-state index in [0.717, 1.165) is 21.6 Å². The van der Waals surface area contributed by atoms with E-state index in [1.54, 1.807) is 12.4 Å². The smallest absolute Gasteiger partial charge is 0.239 e. The molecule has 0 fully saturated rings. The minimum atomic E-state index is -0.342. The van der Waals surface area contributed by atoms with Crippen molar-refractivity contribution < 1.29 is 4.79 Å². The first-order valence-electron chi connectivity index (χ1n) is 8.24. The minimum absolute atomic E-state index is 0.118. The maximum atomic E-state index is 12.6. The van der Waals surface area contributed by atoms with E-state index in [1.165, 1.54) is 23.1 Å². The van der Waals surface area contributed by atoms with Crippen LogP contribution in [0.3, 0.4) is 0 Å². The van der Waals surface area contributed by atoms with Gasteiger partial charge in [-0.05, 0) is 31.2 Å². The van der Waals surface area contributed by atoms with Gasteiger partial charge >= 0.3 is 0 Å². The molecule has 0 saturated carbocycles. The molecule has 7 nitrogen and oxygen atoms in total. The summed E-state index contributed by atoms with van der Waals surface area (Å²) >= 11 is 2.82. The van der Waals surface area contributed by atoms with Crippen LogP contribution in [0.1, 0.15) is 6.92 Å². The number of benzene rings is 1. The van der Waals surface area contributed by atoms with Crippen molar-refractivity contribution in [2.75, 3.05) is 5.32 Å². The third-order valence-electron chi connectivity index (χ3n) is 3.95. The highest BCUT2D eigenvalue weighted by Gasteiger charge is 2.20. The molecule has 1 aromatic carbocycles. The van der Waals surface area contributed by atoms with Crippen molar-refractivity contribution in [2.24, 2.45) is 7.05 Å². The number of anilines is 1. The zero-order valence-electron chi connectivity index (χ0n) is 14.7. The SMILES string of the molecule is C[C@@H](Sc1nnc(-c2ccncc2)n1C)C(=O)Nc1nc2ccccc2s1. The summed E-state index contributed by atoms with van der Waals surface area (Å²) in [6.45, 7) is 1.84. The Labute approximate surface area is 163 Å². The lowest BCUT2D eigenvalue weighted by atomic mass is 10.2. The molecular weight excluding hydrogens is 380 g/mol. The molecule has 0 aliphatic rings. The molecule has 0 radical (unpaired) electrons. The van der Waals surface area contributed by atoms with Crippen molar-refractivity contribution in [2.45, 2.75) is 17.3 Å². The number of hydrogen-bond acceptors (Lipinski definition) is 7. The molecule has 3 aromatic heterocycles. The van der Waals surface area contributed by atoms with Gasteiger partial charge in [-0.2, -0.15) is 0 Å². The maximum Gasteiger partial charge on any atom is 0.239 e. The van der Waals surface area contributed by atoms with E-state index in [9.17, 15) is 4.79 Å². The van der Waals surface area contributed by atoms with Gasteiger partial charge in [-0.15, -0.1) is 10.2 Å². The van der Waals surface area contributed by atoms with Crippen molar-refractivity contribution in [3.63, 3.8) is 0 Å². The maximum absolute atomic E-state index is 12.6. The van der Waals surface area contributed by atoms with Crippen LogP contribution in [0.4, 0.5) is 5.13 Å². The number of thioether (sulfide) groups is 1. The van der Waals surface area contributed by atoms with Gasteiger partial charge in [0.05, 0.1) is 15.5 Å². The van der Waals surface area contributed by atoms with Gasteiger partial charge in [0.15, 0.2) is 16.1 Å². The zero-order valence-corrected chi connectivity index (χ0v) is 16.3. The quantitative estimate of drug-likeness (QED) is 0.519. The van der Waals surface area contributed by atoms with E-state index in [2.05, 4.69) is 25.5 Å². The largest absolute Gasteiger partial charge is 0.305 e. The molecule has 0 saturated heterocycles. The van der Waals surface area contributed by atoms with Crippen LogP contribution in [-0.2, 0) is 11.8 Å². The van der Waals surface area contributed by atoms with Crippen LogP contribution < -0.4 is 5.32 Å². The molecule has 136 valence electrons. The fourth-order valence-electron chi connectivity index (χ4n) is 2.51. The average Bonchev–Trinajstić information content (AvgIpc) is 3.25. The van der Waals surface area contributed by atoms with E-state index in [0.29, 0.717) is 10.3 Å². The Morgan fingerprint density at radius 1 is 1.19 bits per heavy atom. The van der Waals surface area contributed by atoms with E-state index in [4.69, 9.17) is 0 Å². The Morgan fingerprint density at radius 2 is 1.96 bits per heavy atom. The fraction of sp³-hybridized carbons (Fsp3) is 0.167. The van der Waals surface area contributed by atoms with Gasteiger partial charge in [0, 0.05) is 25.0 Å². The molecule has 3 heterocycles. The number of nitrogens with one attached hydrogen (secondary N) is 1. The topological polar surface area (TPSA) is 85.6 Å². The number of fused-ring (bicyclic) bond motifs is 1. The number of amides is 1. The summed E-state index contributed by atoms with van der Waals surface area (Å²) in [6, 6.07) is 11.6. The monoisotopic (exact) mass is 396 g/mol. The number of pyridine rings is 1. The Hall–Kier alpha value is -2.78. The summed E-state index contributed by atoms with van der Waals surface area (Å²) in [7, 11) is 1.89. The standard InChI is InChI=1S/C18H16N6OS2/c1-11(16(25)21-17-20-13-5-3-4-6-14(13)27-17)26-18-23-22-15(24(18)2)12-7-9-19-10-8-12/h3-11H,1-2H3,(H,20,21,25)/t11-/m1/s1. The summed E-state index contributed by atoms with van der Waals surface area (Å²) in [5.41, 5.74) is 1.81. The van der Waals surface area contributed by atoms with Crippen LogP contribution in [0.5, 0.6) is 0 Å². The number of aromatic nitrogens is 5. The summed E-state index contributed by atoms with van der Waals surface area (Å²) in [5.74, 6) is 0.617. The lowest BCUT2D eigenvalue weighted by Gasteiger charge is -2.10. The first-order chi connectivity index (χ1) is 13.1. The van der Waals surface area contributed by atoms with Crippen molar-refractivity contribution in [3.05, 3.63) is 48.8 Å². The van der Waals surface area contributed by atoms with Crippen molar-refractivity contribution in [3.8, 4) is 11.4 Å². The second kappa shape index (κ2) is 7.45. The lowest BCUT2D eigenvalue weighted by molar-refractivity contribution is -0.115. The zero-order chi connectivity index (χ0) is 18.8. The number of para-hydroxylation sites is 1. The van der Waals surface area contributed by atoms with Crippen LogP contribution in [0.25, 0.3) is 21.6 Å². The highest BCUT2D eigenvalue weighted by molar-refractivity contribution is 8.00. The normalized spacial score (nSPS) is 12.2. The molecule has 1 amide bonds. The Morgan fingerprint density at radius 3 is 2.74 bits per heavy atom. The molecule has 4 aromatic rings. The Balaban J connectivity index is 1.46. The number of thiazole rings is 1. The number of carbonyl (C=O) groups is 1. The predicted octanol–water partition coefficient (Wildman–Crippen LogP) is 3.61. The third-order valence-corrected chi connectivity index (χ3v) is 6.03. The lowest BCUT2D eigenvalue weighted by Crippen LogP contribution is -2.22. The highest BCUT2D eigenvalue weighted by atomic mass is 32.2. The summed E-state index contributed by atoms with van der Waals surface area (Å²) < 4.78 is 2.92. The number of carbonyl (C=O) groups excluding carboxylic acids is 1. The number of hydrogen-bond donors (Lipinski definition) is 1. The van der Waals surface area contributed by atoms with Crippen LogP contribution in [0.15, 0.2) is 53.9 Å². The van der Waals surface area contributed by atoms with Gasteiger partial charge in [-0.1, -0.05) is 35.2 Å². The molecule has 0 aliphatic heterocycles. The summed E-state index contributed by atoms with van der Waals surface area (Å²) in [6.07, 6.45) is 3.43. The van der Waals surface area contributed by atoms with Gasteiger partial charge < -0.3 is 9.88 Å². The average molecular weight is 397 g/mol. The van der Waals surface area contributed by atoms with Crippen LogP contribution in [0, 0.1) is 0 Å². The summed E-state index contributed by atoms with van der Waals surface area (Å²) in [4.78, 5) is 21.0. The molecule has 0 aliphatic carbocycles. The van der Waals surface area contributed by atoms with Crippen molar-refractivity contribution in [1.29, 1.82) is 0 Å². The molecule has 9 heteroatoms.